The fourth-order valence-corrected chi connectivity index (χ4v) is 10.7. The quantitative estimate of drug-likeness (QED) is 0.135. The van der Waals surface area contributed by atoms with Gasteiger partial charge in [-0.2, -0.15) is 0 Å². The highest BCUT2D eigenvalue weighted by atomic mass is 16.5. The van der Waals surface area contributed by atoms with Gasteiger partial charge < -0.3 is 19.8 Å². The number of rotatable bonds is 11. The Morgan fingerprint density at radius 3 is 1.71 bits per heavy atom. The van der Waals surface area contributed by atoms with Gasteiger partial charge in [0.1, 0.15) is 28.5 Å². The molecule has 0 unspecified atom stereocenters. The number of pyridine rings is 1. The van der Waals surface area contributed by atoms with E-state index in [0.29, 0.717) is 11.5 Å². The van der Waals surface area contributed by atoms with Gasteiger partial charge in [0, 0.05) is 51.3 Å². The molecule has 2 N–H and O–H groups in total. The third kappa shape index (κ3) is 8.42. The van der Waals surface area contributed by atoms with Crippen molar-refractivity contribution in [2.75, 3.05) is 10.6 Å². The SMILES string of the molecule is CC(C)(C)c1ccnc(-n2c3cc(Oc4cccc(Nc5ccccc5Nc5c(-c6ccccc6-c6ccccc6)cccc5-c5ccccc5-c5ccccc5)c4)ccc3c3ccc4oc5ccccc5c4c32)c1. The van der Waals surface area contributed by atoms with Crippen LogP contribution in [0.5, 0.6) is 11.5 Å². The first-order valence-corrected chi connectivity index (χ1v) is 25.5. The Balaban J connectivity index is 0.883. The van der Waals surface area contributed by atoms with E-state index < -0.39 is 0 Å². The number of benzene rings is 10. The molecule has 0 saturated heterocycles. The molecule has 3 heterocycles. The summed E-state index contributed by atoms with van der Waals surface area (Å²) in [7, 11) is 0. The molecule has 13 rings (SSSR count). The number of furan rings is 1. The molecule has 10 aromatic carbocycles. The van der Waals surface area contributed by atoms with Crippen LogP contribution in [-0.4, -0.2) is 9.55 Å². The maximum atomic E-state index is 6.82. The van der Waals surface area contributed by atoms with Gasteiger partial charge in [-0.15, -0.1) is 0 Å². The van der Waals surface area contributed by atoms with Gasteiger partial charge in [0.2, 0.25) is 0 Å². The minimum absolute atomic E-state index is 0.0745. The number of para-hydroxylation sites is 4. The lowest BCUT2D eigenvalue weighted by atomic mass is 9.88. The number of ether oxygens (including phenoxy) is 1. The normalized spacial score (nSPS) is 11.7. The van der Waals surface area contributed by atoms with E-state index in [1.54, 1.807) is 0 Å². The second-order valence-corrected chi connectivity index (χ2v) is 20.1. The van der Waals surface area contributed by atoms with Crippen LogP contribution >= 0.6 is 0 Å². The van der Waals surface area contributed by atoms with Crippen LogP contribution in [-0.2, 0) is 5.41 Å². The lowest BCUT2D eigenvalue weighted by Crippen LogP contribution is -2.12. The molecule has 0 spiro atoms. The van der Waals surface area contributed by atoms with E-state index in [2.05, 4.69) is 254 Å². The molecule has 0 aliphatic heterocycles. The van der Waals surface area contributed by atoms with Crippen molar-refractivity contribution in [3.05, 3.63) is 254 Å². The van der Waals surface area contributed by atoms with Crippen LogP contribution in [0, 0.1) is 0 Å². The molecule has 3 aromatic heterocycles. The van der Waals surface area contributed by atoms with Gasteiger partial charge in [-0.1, -0.05) is 185 Å². The Labute approximate surface area is 436 Å². The summed E-state index contributed by atoms with van der Waals surface area (Å²) in [5, 5.41) is 12.1. The highest BCUT2D eigenvalue weighted by Gasteiger charge is 2.23. The standard InChI is InChI=1S/C69H52N4O2/c1-69(2,3)47-40-41-70-65(42-47)73-62-44-50(36-37-55(62)58-38-39-64-66(68(58)73)59-30-14-17-35-63(59)75-64)74-49-25-18-24-48(43-49)71-60-33-15-16-34-61(60)72-67-56(53-28-12-10-26-51(53)45-20-6-4-7-21-45)31-19-32-57(67)54-29-13-11-27-52(54)46-22-8-5-9-23-46/h4-44,71-72H,1-3H3. The highest BCUT2D eigenvalue weighted by Crippen LogP contribution is 2.47. The molecule has 75 heavy (non-hydrogen) atoms. The van der Waals surface area contributed by atoms with Crippen molar-refractivity contribution in [1.29, 1.82) is 0 Å². The molecule has 0 radical (unpaired) electrons. The molecule has 6 nitrogen and oxygen atoms in total. The van der Waals surface area contributed by atoms with Gasteiger partial charge in [-0.3, -0.25) is 4.57 Å². The fourth-order valence-electron chi connectivity index (χ4n) is 10.7. The molecular weight excluding hydrogens is 917 g/mol. The lowest BCUT2D eigenvalue weighted by Gasteiger charge is -2.22. The van der Waals surface area contributed by atoms with Crippen molar-refractivity contribution in [1.82, 2.24) is 9.55 Å². The van der Waals surface area contributed by atoms with Crippen molar-refractivity contribution in [3.8, 4) is 61.8 Å². The van der Waals surface area contributed by atoms with E-state index in [-0.39, 0.29) is 5.41 Å². The van der Waals surface area contributed by atoms with Gasteiger partial charge in [0.25, 0.3) is 0 Å². The average molecular weight is 969 g/mol. The summed E-state index contributed by atoms with van der Waals surface area (Å²) in [6.45, 7) is 6.71. The summed E-state index contributed by atoms with van der Waals surface area (Å²) < 4.78 is 15.5. The van der Waals surface area contributed by atoms with Crippen LogP contribution in [0.4, 0.5) is 22.7 Å². The van der Waals surface area contributed by atoms with Crippen LogP contribution < -0.4 is 15.4 Å². The van der Waals surface area contributed by atoms with Crippen molar-refractivity contribution in [2.24, 2.45) is 0 Å². The third-order valence-corrected chi connectivity index (χ3v) is 14.3. The van der Waals surface area contributed by atoms with Gasteiger partial charge in [-0.25, -0.2) is 4.98 Å². The molecule has 6 heteroatoms. The summed E-state index contributed by atoms with van der Waals surface area (Å²) >= 11 is 0. The lowest BCUT2D eigenvalue weighted by molar-refractivity contribution is 0.483. The van der Waals surface area contributed by atoms with Gasteiger partial charge in [0.15, 0.2) is 0 Å². The van der Waals surface area contributed by atoms with Crippen LogP contribution in [0.1, 0.15) is 26.3 Å². The summed E-state index contributed by atoms with van der Waals surface area (Å²) in [5.74, 6) is 2.25. The summed E-state index contributed by atoms with van der Waals surface area (Å²) in [4.78, 5) is 5.02. The number of nitrogens with one attached hydrogen (secondary N) is 2. The van der Waals surface area contributed by atoms with Gasteiger partial charge in [-0.05, 0) is 111 Å². The number of hydrogen-bond acceptors (Lipinski definition) is 5. The Morgan fingerprint density at radius 2 is 1.01 bits per heavy atom. The van der Waals surface area contributed by atoms with Crippen molar-refractivity contribution in [3.63, 3.8) is 0 Å². The highest BCUT2D eigenvalue weighted by molar-refractivity contribution is 6.24. The molecule has 0 saturated carbocycles. The number of fused-ring (bicyclic) bond motifs is 7. The Morgan fingerprint density at radius 1 is 0.440 bits per heavy atom. The molecule has 0 atom stereocenters. The van der Waals surface area contributed by atoms with E-state index in [1.165, 1.54) is 5.56 Å². The molecule has 0 aliphatic rings. The van der Waals surface area contributed by atoms with Crippen LogP contribution in [0.2, 0.25) is 0 Å². The molecule has 0 fully saturated rings. The van der Waals surface area contributed by atoms with Gasteiger partial charge in [0.05, 0.1) is 33.5 Å². The van der Waals surface area contributed by atoms with Gasteiger partial charge >= 0.3 is 0 Å². The molecule has 13 aromatic rings. The molecule has 0 aliphatic carbocycles. The van der Waals surface area contributed by atoms with E-state index in [9.17, 15) is 0 Å². The van der Waals surface area contributed by atoms with E-state index in [1.807, 2.05) is 30.5 Å². The van der Waals surface area contributed by atoms with Crippen LogP contribution in [0.15, 0.2) is 253 Å². The predicted molar refractivity (Wildman–Crippen MR) is 312 cm³/mol. The average Bonchev–Trinajstić information content (AvgIpc) is 4.02. The third-order valence-electron chi connectivity index (χ3n) is 14.3. The van der Waals surface area contributed by atoms with Crippen molar-refractivity contribution in [2.45, 2.75) is 26.2 Å². The first-order chi connectivity index (χ1) is 36.8. The number of aromatic nitrogens is 2. The topological polar surface area (TPSA) is 64.2 Å². The van der Waals surface area contributed by atoms with E-state index in [4.69, 9.17) is 14.1 Å². The van der Waals surface area contributed by atoms with Crippen LogP contribution in [0.3, 0.4) is 0 Å². The number of anilines is 4. The first kappa shape index (κ1) is 45.2. The molecule has 360 valence electrons. The van der Waals surface area contributed by atoms with E-state index in [0.717, 1.165) is 117 Å². The fraction of sp³-hybridized carbons (Fsp3) is 0.0580. The number of hydrogen-bond donors (Lipinski definition) is 2. The maximum Gasteiger partial charge on any atom is 0.137 e. The minimum Gasteiger partial charge on any atom is -0.457 e. The second kappa shape index (κ2) is 18.8. The summed E-state index contributed by atoms with van der Waals surface area (Å²) in [5.41, 5.74) is 17.7. The molecule has 0 bridgehead atoms. The molecular formula is C69H52N4O2. The summed E-state index contributed by atoms with van der Waals surface area (Å²) in [6, 6.07) is 85.0. The molecule has 0 amide bonds. The Hall–Kier alpha value is -9.65. The zero-order valence-corrected chi connectivity index (χ0v) is 41.9. The minimum atomic E-state index is -0.0745. The Kier molecular flexibility index (Phi) is 11.3. The largest absolute Gasteiger partial charge is 0.457 e. The Bertz CT molecular complexity index is 4160. The van der Waals surface area contributed by atoms with Crippen LogP contribution in [0.25, 0.3) is 94.1 Å². The summed E-state index contributed by atoms with van der Waals surface area (Å²) in [6.07, 6.45) is 1.92. The second-order valence-electron chi connectivity index (χ2n) is 20.1. The monoisotopic (exact) mass is 968 g/mol. The first-order valence-electron chi connectivity index (χ1n) is 25.5. The number of nitrogens with zero attached hydrogens (tertiary/aromatic N) is 2. The predicted octanol–water partition coefficient (Wildman–Crippen LogP) is 19.3. The van der Waals surface area contributed by atoms with Crippen molar-refractivity contribution >= 4 is 66.5 Å². The maximum absolute atomic E-state index is 6.82. The van der Waals surface area contributed by atoms with Crippen molar-refractivity contribution < 1.29 is 9.15 Å². The zero-order chi connectivity index (χ0) is 50.5. The smallest absolute Gasteiger partial charge is 0.137 e. The zero-order valence-electron chi connectivity index (χ0n) is 41.9. The van der Waals surface area contributed by atoms with E-state index >= 15 is 0 Å².